The normalized spacial score (nSPS) is 15.5. The second-order valence-corrected chi connectivity index (χ2v) is 10.0. The van der Waals surface area contributed by atoms with E-state index < -0.39 is 6.04 Å². The molecule has 0 radical (unpaired) electrons. The van der Waals surface area contributed by atoms with E-state index in [1.54, 1.807) is 17.4 Å². The van der Waals surface area contributed by atoms with Crippen LogP contribution in [-0.4, -0.2) is 64.0 Å². The summed E-state index contributed by atoms with van der Waals surface area (Å²) in [6.07, 6.45) is 0.601. The van der Waals surface area contributed by atoms with Crippen LogP contribution in [0.1, 0.15) is 42.1 Å². The third-order valence-electron chi connectivity index (χ3n) is 5.95. The highest BCUT2D eigenvalue weighted by atomic mass is 32.1. The molecule has 3 heterocycles. The molecule has 1 aliphatic rings. The summed E-state index contributed by atoms with van der Waals surface area (Å²) in [7, 11) is 0. The SMILES string of the molecule is Cc1ccccc1C(=O)NC(CC(C)C)C(=O)N1CCN(Cc2nc(-c3cccs3)no2)CC1. The van der Waals surface area contributed by atoms with Crippen molar-refractivity contribution < 1.29 is 14.1 Å². The number of benzene rings is 1. The van der Waals surface area contributed by atoms with Crippen molar-refractivity contribution in [2.24, 2.45) is 5.92 Å². The van der Waals surface area contributed by atoms with Crippen LogP contribution in [0.3, 0.4) is 0 Å². The Morgan fingerprint density at radius 3 is 2.56 bits per heavy atom. The summed E-state index contributed by atoms with van der Waals surface area (Å²) in [5, 5.41) is 9.05. The molecule has 2 aromatic heterocycles. The van der Waals surface area contributed by atoms with Gasteiger partial charge in [0, 0.05) is 31.7 Å². The minimum absolute atomic E-state index is 0.0203. The highest BCUT2D eigenvalue weighted by molar-refractivity contribution is 7.13. The Morgan fingerprint density at radius 1 is 1.12 bits per heavy atom. The van der Waals surface area contributed by atoms with Gasteiger partial charge in [0.15, 0.2) is 0 Å². The Bertz CT molecular complexity index is 1100. The number of hydrogen-bond acceptors (Lipinski definition) is 7. The van der Waals surface area contributed by atoms with Gasteiger partial charge >= 0.3 is 0 Å². The second kappa shape index (κ2) is 10.9. The van der Waals surface area contributed by atoms with Crippen molar-refractivity contribution in [1.82, 2.24) is 25.3 Å². The van der Waals surface area contributed by atoms with Gasteiger partial charge in [-0.05, 0) is 42.3 Å². The molecule has 1 N–H and O–H groups in total. The fourth-order valence-electron chi connectivity index (χ4n) is 4.12. The molecule has 1 aliphatic heterocycles. The minimum atomic E-state index is -0.539. The van der Waals surface area contributed by atoms with E-state index in [9.17, 15) is 9.59 Å². The van der Waals surface area contributed by atoms with Crippen molar-refractivity contribution in [1.29, 1.82) is 0 Å². The zero-order valence-electron chi connectivity index (χ0n) is 19.9. The third-order valence-corrected chi connectivity index (χ3v) is 6.82. The van der Waals surface area contributed by atoms with E-state index in [1.165, 1.54) is 0 Å². The lowest BCUT2D eigenvalue weighted by Gasteiger charge is -2.36. The molecule has 34 heavy (non-hydrogen) atoms. The van der Waals surface area contributed by atoms with Crippen LogP contribution < -0.4 is 5.32 Å². The number of piperazine rings is 1. The molecule has 0 spiro atoms. The monoisotopic (exact) mass is 481 g/mol. The predicted molar refractivity (Wildman–Crippen MR) is 131 cm³/mol. The number of aryl methyl sites for hydroxylation is 1. The first kappa shape index (κ1) is 24.1. The molecule has 1 unspecified atom stereocenters. The first-order valence-corrected chi connectivity index (χ1v) is 12.5. The minimum Gasteiger partial charge on any atom is -0.340 e. The van der Waals surface area contributed by atoms with Crippen LogP contribution in [-0.2, 0) is 11.3 Å². The first-order chi connectivity index (χ1) is 16.4. The zero-order chi connectivity index (χ0) is 24.1. The highest BCUT2D eigenvalue weighted by Gasteiger charge is 2.30. The van der Waals surface area contributed by atoms with E-state index in [4.69, 9.17) is 4.52 Å². The van der Waals surface area contributed by atoms with Crippen molar-refractivity contribution in [3.63, 3.8) is 0 Å². The second-order valence-electron chi connectivity index (χ2n) is 9.06. The van der Waals surface area contributed by atoms with Crippen LogP contribution in [0.5, 0.6) is 0 Å². The van der Waals surface area contributed by atoms with Gasteiger partial charge in [0.1, 0.15) is 6.04 Å². The number of aromatic nitrogens is 2. The van der Waals surface area contributed by atoms with E-state index in [0.29, 0.717) is 56.4 Å². The number of nitrogens with one attached hydrogen (secondary N) is 1. The van der Waals surface area contributed by atoms with Crippen molar-refractivity contribution in [3.05, 3.63) is 58.8 Å². The Kier molecular flexibility index (Phi) is 7.74. The molecule has 1 atom stereocenters. The lowest BCUT2D eigenvalue weighted by Crippen LogP contribution is -2.55. The van der Waals surface area contributed by atoms with Crippen LogP contribution in [0.4, 0.5) is 0 Å². The Labute approximate surface area is 204 Å². The molecule has 3 aromatic rings. The van der Waals surface area contributed by atoms with E-state index in [-0.39, 0.29) is 17.7 Å². The van der Waals surface area contributed by atoms with Crippen molar-refractivity contribution in [3.8, 4) is 10.7 Å². The zero-order valence-corrected chi connectivity index (χ0v) is 20.7. The van der Waals surface area contributed by atoms with Gasteiger partial charge in [-0.2, -0.15) is 4.98 Å². The summed E-state index contributed by atoms with van der Waals surface area (Å²) in [6.45, 7) is 9.20. The van der Waals surface area contributed by atoms with Gasteiger partial charge in [0.25, 0.3) is 5.91 Å². The van der Waals surface area contributed by atoms with E-state index in [0.717, 1.165) is 10.4 Å². The molecule has 0 bridgehead atoms. The Morgan fingerprint density at radius 2 is 1.88 bits per heavy atom. The third kappa shape index (κ3) is 5.90. The van der Waals surface area contributed by atoms with Crippen molar-refractivity contribution in [2.45, 2.75) is 39.8 Å². The van der Waals surface area contributed by atoms with E-state index in [1.807, 2.05) is 47.5 Å². The van der Waals surface area contributed by atoms with Crippen LogP contribution >= 0.6 is 11.3 Å². The fourth-order valence-corrected chi connectivity index (χ4v) is 4.77. The van der Waals surface area contributed by atoms with Crippen LogP contribution in [0.25, 0.3) is 10.7 Å². The lowest BCUT2D eigenvalue weighted by atomic mass is 10.0. The summed E-state index contributed by atoms with van der Waals surface area (Å²) in [5.74, 6) is 1.25. The van der Waals surface area contributed by atoms with E-state index >= 15 is 0 Å². The average molecular weight is 482 g/mol. The van der Waals surface area contributed by atoms with Crippen LogP contribution in [0, 0.1) is 12.8 Å². The number of carbonyl (C=O) groups excluding carboxylic acids is 2. The molecule has 1 saturated heterocycles. The molecule has 1 aromatic carbocycles. The number of thiophene rings is 1. The molecule has 8 nitrogen and oxygen atoms in total. The Hall–Kier alpha value is -3.04. The van der Waals surface area contributed by atoms with Gasteiger partial charge in [-0.3, -0.25) is 14.5 Å². The molecule has 180 valence electrons. The quantitative estimate of drug-likeness (QED) is 0.529. The molecule has 0 aliphatic carbocycles. The van der Waals surface area contributed by atoms with Crippen molar-refractivity contribution in [2.75, 3.05) is 26.2 Å². The topological polar surface area (TPSA) is 91.6 Å². The van der Waals surface area contributed by atoms with Gasteiger partial charge in [-0.1, -0.05) is 43.3 Å². The highest BCUT2D eigenvalue weighted by Crippen LogP contribution is 2.22. The van der Waals surface area contributed by atoms with Crippen LogP contribution in [0.2, 0.25) is 0 Å². The molecule has 1 fully saturated rings. The summed E-state index contributed by atoms with van der Waals surface area (Å²) in [5.41, 5.74) is 1.50. The maximum atomic E-state index is 13.3. The van der Waals surface area contributed by atoms with Gasteiger partial charge in [-0.25, -0.2) is 0 Å². The number of amides is 2. The largest absolute Gasteiger partial charge is 0.340 e. The van der Waals surface area contributed by atoms with Gasteiger partial charge < -0.3 is 14.7 Å². The Balaban J connectivity index is 1.33. The smallest absolute Gasteiger partial charge is 0.252 e. The summed E-state index contributed by atoms with van der Waals surface area (Å²) >= 11 is 1.58. The first-order valence-electron chi connectivity index (χ1n) is 11.6. The van der Waals surface area contributed by atoms with Gasteiger partial charge in [0.05, 0.1) is 11.4 Å². The standard InChI is InChI=1S/C25H31N5O3S/c1-17(2)15-20(26-24(31)19-8-5-4-7-18(19)3)25(32)30-12-10-29(11-13-30)16-22-27-23(28-33-22)21-9-6-14-34-21/h4-9,14,17,20H,10-13,15-16H2,1-3H3,(H,26,31). The number of nitrogens with zero attached hydrogens (tertiary/aromatic N) is 4. The maximum absolute atomic E-state index is 13.3. The van der Waals surface area contributed by atoms with Crippen LogP contribution in [0.15, 0.2) is 46.3 Å². The summed E-state index contributed by atoms with van der Waals surface area (Å²) < 4.78 is 5.42. The van der Waals surface area contributed by atoms with Gasteiger partial charge in [0.2, 0.25) is 17.6 Å². The average Bonchev–Trinajstić information content (AvgIpc) is 3.51. The fraction of sp³-hybridized carbons (Fsp3) is 0.440. The molecule has 9 heteroatoms. The summed E-state index contributed by atoms with van der Waals surface area (Å²) in [6, 6.07) is 10.8. The number of hydrogen-bond donors (Lipinski definition) is 1. The predicted octanol–water partition coefficient (Wildman–Crippen LogP) is 3.60. The number of carbonyl (C=O) groups is 2. The van der Waals surface area contributed by atoms with E-state index in [2.05, 4.69) is 34.2 Å². The maximum Gasteiger partial charge on any atom is 0.252 e. The molecule has 4 rings (SSSR count). The van der Waals surface area contributed by atoms with Gasteiger partial charge in [-0.15, -0.1) is 11.3 Å². The van der Waals surface area contributed by atoms with Crippen molar-refractivity contribution >= 4 is 23.2 Å². The molecule has 0 saturated carbocycles. The molecular formula is C25H31N5O3S. The molecular weight excluding hydrogens is 450 g/mol. The lowest BCUT2D eigenvalue weighted by molar-refractivity contribution is -0.135. The molecule has 2 amide bonds. The number of rotatable bonds is 8. The summed E-state index contributed by atoms with van der Waals surface area (Å²) in [4.78, 5) is 35.7.